The number of aryl methyl sites for hydroxylation is 1. The second-order valence-corrected chi connectivity index (χ2v) is 4.09. The fraction of sp³-hybridized carbons (Fsp3) is 0.333. The highest BCUT2D eigenvalue weighted by Gasteiger charge is 2.27. The molecule has 0 aromatic heterocycles. The van der Waals surface area contributed by atoms with Crippen LogP contribution in [0.25, 0.3) is 0 Å². The van der Waals surface area contributed by atoms with E-state index in [0.29, 0.717) is 6.42 Å². The number of benzene rings is 1. The molecule has 0 radical (unpaired) electrons. The smallest absolute Gasteiger partial charge is 0.307 e. The molecule has 2 N–H and O–H groups in total. The predicted molar refractivity (Wildman–Crippen MR) is 59.3 cm³/mol. The van der Waals surface area contributed by atoms with Crippen LogP contribution in [0.4, 0.5) is 5.69 Å². The first-order valence-electron chi connectivity index (χ1n) is 5.19. The lowest BCUT2D eigenvalue weighted by molar-refractivity contribution is -0.143. The minimum absolute atomic E-state index is 0.0451. The van der Waals surface area contributed by atoms with E-state index >= 15 is 0 Å². The highest BCUT2D eigenvalue weighted by molar-refractivity contribution is 5.95. The zero-order chi connectivity index (χ0) is 11.7. The first kappa shape index (κ1) is 10.7. The van der Waals surface area contributed by atoms with Crippen LogP contribution in [0.5, 0.6) is 0 Å². The summed E-state index contributed by atoms with van der Waals surface area (Å²) >= 11 is 0. The minimum atomic E-state index is -0.911. The van der Waals surface area contributed by atoms with E-state index in [4.69, 9.17) is 5.11 Å². The monoisotopic (exact) mass is 219 g/mol. The van der Waals surface area contributed by atoms with Crippen LogP contribution in [0.3, 0.4) is 0 Å². The van der Waals surface area contributed by atoms with Gasteiger partial charge in [-0.3, -0.25) is 9.59 Å². The number of carboxylic acids is 1. The van der Waals surface area contributed by atoms with Gasteiger partial charge in [0, 0.05) is 12.1 Å². The number of carbonyl (C=O) groups excluding carboxylic acids is 1. The maximum absolute atomic E-state index is 11.5. The van der Waals surface area contributed by atoms with E-state index in [9.17, 15) is 9.59 Å². The van der Waals surface area contributed by atoms with Crippen LogP contribution < -0.4 is 5.32 Å². The van der Waals surface area contributed by atoms with Crippen LogP contribution in [-0.2, 0) is 16.0 Å². The number of amides is 1. The number of rotatable bonds is 1. The molecule has 0 fully saturated rings. The summed E-state index contributed by atoms with van der Waals surface area (Å²) in [6.07, 6.45) is 0.458. The SMILES string of the molecule is Cc1cccc2c1CC(C(=O)O)CC(=O)N2. The molecule has 4 nitrogen and oxygen atoms in total. The molecule has 1 amide bonds. The molecular formula is C12H13NO3. The van der Waals surface area contributed by atoms with Crippen molar-refractivity contribution in [3.63, 3.8) is 0 Å². The Kier molecular flexibility index (Phi) is 2.64. The summed E-state index contributed by atoms with van der Waals surface area (Å²) in [5.41, 5.74) is 2.69. The van der Waals surface area contributed by atoms with Gasteiger partial charge in [-0.1, -0.05) is 12.1 Å². The van der Waals surface area contributed by atoms with E-state index in [1.807, 2.05) is 25.1 Å². The average Bonchev–Trinajstić information content (AvgIpc) is 2.37. The summed E-state index contributed by atoms with van der Waals surface area (Å²) in [7, 11) is 0. The summed E-state index contributed by atoms with van der Waals surface area (Å²) in [5.74, 6) is -1.76. The van der Waals surface area contributed by atoms with Gasteiger partial charge in [-0.15, -0.1) is 0 Å². The lowest BCUT2D eigenvalue weighted by Crippen LogP contribution is -2.20. The van der Waals surface area contributed by atoms with E-state index in [-0.39, 0.29) is 12.3 Å². The number of hydrogen-bond acceptors (Lipinski definition) is 2. The van der Waals surface area contributed by atoms with Crippen molar-refractivity contribution in [1.29, 1.82) is 0 Å². The van der Waals surface area contributed by atoms with E-state index in [1.165, 1.54) is 0 Å². The maximum atomic E-state index is 11.5. The Morgan fingerprint density at radius 3 is 2.88 bits per heavy atom. The van der Waals surface area contributed by atoms with Crippen molar-refractivity contribution in [2.24, 2.45) is 5.92 Å². The topological polar surface area (TPSA) is 66.4 Å². The molecule has 0 spiro atoms. The van der Waals surface area contributed by atoms with Gasteiger partial charge in [-0.2, -0.15) is 0 Å². The normalized spacial score (nSPS) is 19.6. The average molecular weight is 219 g/mol. The fourth-order valence-electron chi connectivity index (χ4n) is 2.01. The number of hydrogen-bond donors (Lipinski definition) is 2. The molecule has 0 saturated heterocycles. The Bertz CT molecular complexity index is 454. The van der Waals surface area contributed by atoms with E-state index in [1.54, 1.807) is 0 Å². The molecule has 1 unspecified atom stereocenters. The number of anilines is 1. The highest BCUT2D eigenvalue weighted by Crippen LogP contribution is 2.27. The summed E-state index contributed by atoms with van der Waals surface area (Å²) in [4.78, 5) is 22.5. The van der Waals surface area contributed by atoms with Gasteiger partial charge < -0.3 is 10.4 Å². The lowest BCUT2D eigenvalue weighted by Gasteiger charge is -2.10. The number of carbonyl (C=O) groups is 2. The Hall–Kier alpha value is -1.84. The number of nitrogens with one attached hydrogen (secondary N) is 1. The van der Waals surface area contributed by atoms with Crippen molar-refractivity contribution in [2.75, 3.05) is 5.32 Å². The van der Waals surface area contributed by atoms with Crippen molar-refractivity contribution in [1.82, 2.24) is 0 Å². The third kappa shape index (κ3) is 1.91. The molecule has 0 saturated carbocycles. The molecular weight excluding hydrogens is 206 g/mol. The van der Waals surface area contributed by atoms with E-state index in [2.05, 4.69) is 5.32 Å². The van der Waals surface area contributed by atoms with E-state index < -0.39 is 11.9 Å². The molecule has 84 valence electrons. The largest absolute Gasteiger partial charge is 0.481 e. The Labute approximate surface area is 93.3 Å². The van der Waals surface area contributed by atoms with Gasteiger partial charge in [-0.25, -0.2) is 0 Å². The molecule has 1 aromatic rings. The maximum Gasteiger partial charge on any atom is 0.307 e. The first-order chi connectivity index (χ1) is 7.58. The van der Waals surface area contributed by atoms with Crippen molar-refractivity contribution in [3.05, 3.63) is 29.3 Å². The van der Waals surface area contributed by atoms with Gasteiger partial charge in [0.1, 0.15) is 0 Å². The number of aliphatic carboxylic acids is 1. The summed E-state index contributed by atoms with van der Waals surface area (Å²) in [5, 5.41) is 11.8. The Morgan fingerprint density at radius 2 is 2.19 bits per heavy atom. The molecule has 2 rings (SSSR count). The predicted octanol–water partition coefficient (Wildman–Crippen LogP) is 1.58. The van der Waals surface area contributed by atoms with Crippen molar-refractivity contribution < 1.29 is 14.7 Å². The van der Waals surface area contributed by atoms with Crippen LogP contribution in [0, 0.1) is 12.8 Å². The van der Waals surface area contributed by atoms with Crippen LogP contribution in [0.15, 0.2) is 18.2 Å². The van der Waals surface area contributed by atoms with Gasteiger partial charge >= 0.3 is 5.97 Å². The van der Waals surface area contributed by atoms with Crippen molar-refractivity contribution in [3.8, 4) is 0 Å². The molecule has 1 atom stereocenters. The number of carboxylic acid groups (broad SMARTS) is 1. The van der Waals surface area contributed by atoms with Gasteiger partial charge in [0.15, 0.2) is 0 Å². The van der Waals surface area contributed by atoms with Crippen molar-refractivity contribution in [2.45, 2.75) is 19.8 Å². The molecule has 1 aliphatic heterocycles. The lowest BCUT2D eigenvalue weighted by atomic mass is 9.94. The van der Waals surface area contributed by atoms with Gasteiger partial charge in [0.2, 0.25) is 5.91 Å². The Morgan fingerprint density at radius 1 is 1.44 bits per heavy atom. The third-order valence-electron chi connectivity index (χ3n) is 2.92. The van der Waals surface area contributed by atoms with Crippen LogP contribution in [-0.4, -0.2) is 17.0 Å². The molecule has 0 aliphatic carbocycles. The molecule has 1 aliphatic rings. The molecule has 4 heteroatoms. The highest BCUT2D eigenvalue weighted by atomic mass is 16.4. The summed E-state index contributed by atoms with van der Waals surface area (Å²) in [6, 6.07) is 5.59. The van der Waals surface area contributed by atoms with E-state index in [0.717, 1.165) is 16.8 Å². The minimum Gasteiger partial charge on any atom is -0.481 e. The molecule has 1 aromatic carbocycles. The quantitative estimate of drug-likeness (QED) is 0.753. The first-order valence-corrected chi connectivity index (χ1v) is 5.19. The third-order valence-corrected chi connectivity index (χ3v) is 2.92. The van der Waals surface area contributed by atoms with Gasteiger partial charge in [-0.05, 0) is 30.5 Å². The van der Waals surface area contributed by atoms with Crippen LogP contribution >= 0.6 is 0 Å². The van der Waals surface area contributed by atoms with Crippen molar-refractivity contribution >= 4 is 17.6 Å². The van der Waals surface area contributed by atoms with Crippen LogP contribution in [0.1, 0.15) is 17.5 Å². The van der Waals surface area contributed by atoms with Gasteiger partial charge in [0.25, 0.3) is 0 Å². The van der Waals surface area contributed by atoms with Crippen LogP contribution in [0.2, 0.25) is 0 Å². The summed E-state index contributed by atoms with van der Waals surface area (Å²) < 4.78 is 0. The zero-order valence-electron chi connectivity index (χ0n) is 8.99. The number of fused-ring (bicyclic) bond motifs is 1. The second kappa shape index (κ2) is 3.96. The Balaban J connectivity index is 2.44. The van der Waals surface area contributed by atoms with Gasteiger partial charge in [0.05, 0.1) is 5.92 Å². The molecule has 16 heavy (non-hydrogen) atoms. The molecule has 1 heterocycles. The standard InChI is InChI=1S/C12H13NO3/c1-7-3-2-4-10-9(7)5-8(12(15)16)6-11(14)13-10/h2-4,8H,5-6H2,1H3,(H,13,14)(H,15,16). The summed E-state index contributed by atoms with van der Waals surface area (Å²) in [6.45, 7) is 1.93. The zero-order valence-corrected chi connectivity index (χ0v) is 8.99. The second-order valence-electron chi connectivity index (χ2n) is 4.09. The molecule has 0 bridgehead atoms. The fourth-order valence-corrected chi connectivity index (χ4v) is 2.01.